The van der Waals surface area contributed by atoms with Gasteiger partial charge in [0.1, 0.15) is 0 Å². The molecule has 2 rings (SSSR count). The number of nitrogens with one attached hydrogen (secondary N) is 3. The van der Waals surface area contributed by atoms with Crippen molar-refractivity contribution in [2.24, 2.45) is 7.05 Å². The molecule has 0 aliphatic heterocycles. The molecule has 3 N–H and O–H groups in total. The largest absolute Gasteiger partial charge is 0.353 e. The van der Waals surface area contributed by atoms with Gasteiger partial charge in [0, 0.05) is 43.8 Å². The maximum Gasteiger partial charge on any atom is 0.313 e. The SMILES string of the molecule is CC(=O)Nc1ccc(NC(=O)C(=O)NC[C@H](c2cccn2C)N(C)C)cc1. The molecule has 1 heterocycles. The van der Waals surface area contributed by atoms with Gasteiger partial charge in [0.05, 0.1) is 6.04 Å². The van der Waals surface area contributed by atoms with Gasteiger partial charge in [-0.2, -0.15) is 0 Å². The van der Waals surface area contributed by atoms with Crippen LogP contribution in [0.15, 0.2) is 42.6 Å². The lowest BCUT2D eigenvalue weighted by Gasteiger charge is -2.25. The van der Waals surface area contributed by atoms with Gasteiger partial charge in [-0.25, -0.2) is 0 Å². The number of hydrogen-bond donors (Lipinski definition) is 3. The second kappa shape index (κ2) is 9.00. The van der Waals surface area contributed by atoms with E-state index in [4.69, 9.17) is 0 Å². The van der Waals surface area contributed by atoms with E-state index in [1.165, 1.54) is 6.92 Å². The monoisotopic (exact) mass is 371 g/mol. The van der Waals surface area contributed by atoms with E-state index in [1.54, 1.807) is 24.3 Å². The van der Waals surface area contributed by atoms with E-state index in [0.717, 1.165) is 5.69 Å². The Kier molecular flexibility index (Phi) is 6.73. The van der Waals surface area contributed by atoms with Gasteiger partial charge < -0.3 is 20.5 Å². The lowest BCUT2D eigenvalue weighted by molar-refractivity contribution is -0.136. The van der Waals surface area contributed by atoms with Crippen LogP contribution in [0.3, 0.4) is 0 Å². The first-order chi connectivity index (χ1) is 12.8. The fourth-order valence-corrected chi connectivity index (χ4v) is 2.67. The van der Waals surface area contributed by atoms with E-state index >= 15 is 0 Å². The average Bonchev–Trinajstić information content (AvgIpc) is 3.01. The predicted octanol–water partition coefficient (Wildman–Crippen LogP) is 1.34. The van der Waals surface area contributed by atoms with Crippen molar-refractivity contribution in [1.29, 1.82) is 0 Å². The summed E-state index contributed by atoms with van der Waals surface area (Å²) in [5, 5.41) is 7.84. The Labute approximate surface area is 158 Å². The van der Waals surface area contributed by atoms with Crippen molar-refractivity contribution in [3.63, 3.8) is 0 Å². The molecule has 0 saturated heterocycles. The van der Waals surface area contributed by atoms with Crippen molar-refractivity contribution in [2.75, 3.05) is 31.3 Å². The van der Waals surface area contributed by atoms with E-state index in [9.17, 15) is 14.4 Å². The van der Waals surface area contributed by atoms with Crippen LogP contribution >= 0.6 is 0 Å². The Balaban J connectivity index is 1.92. The highest BCUT2D eigenvalue weighted by molar-refractivity contribution is 6.39. The summed E-state index contributed by atoms with van der Waals surface area (Å²) in [6.07, 6.45) is 1.94. The molecule has 0 radical (unpaired) electrons. The molecule has 0 spiro atoms. The van der Waals surface area contributed by atoms with Crippen LogP contribution in [0, 0.1) is 0 Å². The maximum atomic E-state index is 12.1. The molecule has 0 aliphatic rings. The first-order valence-electron chi connectivity index (χ1n) is 8.52. The van der Waals surface area contributed by atoms with Crippen LogP contribution in [-0.4, -0.2) is 47.8 Å². The predicted molar refractivity (Wildman–Crippen MR) is 104 cm³/mol. The molecule has 0 unspecified atom stereocenters. The van der Waals surface area contributed by atoms with Crippen molar-refractivity contribution in [1.82, 2.24) is 14.8 Å². The van der Waals surface area contributed by atoms with Gasteiger partial charge in [-0.3, -0.25) is 19.3 Å². The summed E-state index contributed by atoms with van der Waals surface area (Å²) in [5.74, 6) is -1.63. The van der Waals surface area contributed by atoms with Gasteiger partial charge in [-0.05, 0) is 50.5 Å². The number of hydrogen-bond acceptors (Lipinski definition) is 4. The van der Waals surface area contributed by atoms with Crippen molar-refractivity contribution < 1.29 is 14.4 Å². The fourth-order valence-electron chi connectivity index (χ4n) is 2.67. The van der Waals surface area contributed by atoms with E-state index < -0.39 is 11.8 Å². The summed E-state index contributed by atoms with van der Waals surface area (Å²) < 4.78 is 1.98. The first kappa shape index (κ1) is 20.2. The van der Waals surface area contributed by atoms with Gasteiger partial charge in [-0.1, -0.05) is 0 Å². The standard InChI is InChI=1S/C19H25N5O3/c1-13(25)21-14-7-9-15(10-8-14)22-19(27)18(26)20-12-17(23(2)3)16-6-5-11-24(16)4/h5-11,17H,12H2,1-4H3,(H,20,26)(H,21,25)(H,22,27)/t17-/m1/s1. The molecular weight excluding hydrogens is 346 g/mol. The number of likely N-dealkylation sites (N-methyl/N-ethyl adjacent to an activating group) is 1. The van der Waals surface area contributed by atoms with Crippen molar-refractivity contribution in [3.8, 4) is 0 Å². The summed E-state index contributed by atoms with van der Waals surface area (Å²) in [7, 11) is 5.77. The molecule has 2 aromatic rings. The van der Waals surface area contributed by atoms with Gasteiger partial charge in [-0.15, -0.1) is 0 Å². The van der Waals surface area contributed by atoms with Crippen LogP contribution in [0.25, 0.3) is 0 Å². The highest BCUT2D eigenvalue weighted by Crippen LogP contribution is 2.17. The molecule has 1 atom stereocenters. The molecule has 1 aromatic heterocycles. The zero-order chi connectivity index (χ0) is 20.0. The Hall–Kier alpha value is -3.13. The Morgan fingerprint density at radius 3 is 2.07 bits per heavy atom. The highest BCUT2D eigenvalue weighted by Gasteiger charge is 2.20. The van der Waals surface area contributed by atoms with Crippen molar-refractivity contribution in [3.05, 3.63) is 48.3 Å². The molecule has 0 aliphatic carbocycles. The molecular formula is C19H25N5O3. The molecule has 1 aromatic carbocycles. The molecule has 27 heavy (non-hydrogen) atoms. The average molecular weight is 371 g/mol. The summed E-state index contributed by atoms with van der Waals surface area (Å²) in [5.41, 5.74) is 2.12. The van der Waals surface area contributed by atoms with Gasteiger partial charge >= 0.3 is 11.8 Å². The molecule has 0 bridgehead atoms. The lowest BCUT2D eigenvalue weighted by Crippen LogP contribution is -2.40. The van der Waals surface area contributed by atoms with Crippen LogP contribution in [0.4, 0.5) is 11.4 Å². The number of benzene rings is 1. The third kappa shape index (κ3) is 5.68. The molecule has 8 heteroatoms. The minimum Gasteiger partial charge on any atom is -0.353 e. The molecule has 8 nitrogen and oxygen atoms in total. The van der Waals surface area contributed by atoms with Gasteiger partial charge in [0.25, 0.3) is 0 Å². The number of amides is 3. The third-order valence-corrected chi connectivity index (χ3v) is 4.07. The van der Waals surface area contributed by atoms with Crippen LogP contribution in [-0.2, 0) is 21.4 Å². The Morgan fingerprint density at radius 2 is 1.59 bits per heavy atom. The molecule has 3 amide bonds. The molecule has 0 saturated carbocycles. The second-order valence-electron chi connectivity index (χ2n) is 6.45. The normalized spacial score (nSPS) is 11.7. The lowest BCUT2D eigenvalue weighted by atomic mass is 10.2. The Bertz CT molecular complexity index is 811. The summed E-state index contributed by atoms with van der Waals surface area (Å²) in [6.45, 7) is 1.72. The minimum absolute atomic E-state index is 0.0568. The van der Waals surface area contributed by atoms with Crippen LogP contribution in [0.5, 0.6) is 0 Å². The van der Waals surface area contributed by atoms with Gasteiger partial charge in [0.2, 0.25) is 5.91 Å². The number of rotatable bonds is 6. The van der Waals surface area contributed by atoms with E-state index in [2.05, 4.69) is 16.0 Å². The zero-order valence-corrected chi connectivity index (χ0v) is 15.9. The number of anilines is 2. The summed E-state index contributed by atoms with van der Waals surface area (Å²) in [6, 6.07) is 10.4. The Morgan fingerprint density at radius 1 is 1.00 bits per heavy atom. The van der Waals surface area contributed by atoms with Crippen LogP contribution in [0.1, 0.15) is 18.7 Å². The fraction of sp³-hybridized carbons (Fsp3) is 0.316. The smallest absolute Gasteiger partial charge is 0.313 e. The minimum atomic E-state index is -0.744. The summed E-state index contributed by atoms with van der Waals surface area (Å²) in [4.78, 5) is 37.2. The number of aromatic nitrogens is 1. The second-order valence-corrected chi connectivity index (χ2v) is 6.45. The van der Waals surface area contributed by atoms with E-state index in [1.807, 2.05) is 48.9 Å². The van der Waals surface area contributed by atoms with Crippen molar-refractivity contribution in [2.45, 2.75) is 13.0 Å². The number of carbonyl (C=O) groups excluding carboxylic acids is 3. The zero-order valence-electron chi connectivity index (χ0n) is 15.9. The first-order valence-corrected chi connectivity index (χ1v) is 8.52. The highest BCUT2D eigenvalue weighted by atomic mass is 16.2. The number of carbonyl (C=O) groups is 3. The van der Waals surface area contributed by atoms with E-state index in [-0.39, 0.29) is 11.9 Å². The van der Waals surface area contributed by atoms with E-state index in [0.29, 0.717) is 17.9 Å². The number of nitrogens with zero attached hydrogens (tertiary/aromatic N) is 2. The maximum absolute atomic E-state index is 12.1. The quantitative estimate of drug-likeness (QED) is 0.668. The molecule has 144 valence electrons. The van der Waals surface area contributed by atoms with Crippen LogP contribution < -0.4 is 16.0 Å². The molecule has 0 fully saturated rings. The third-order valence-electron chi connectivity index (χ3n) is 4.07. The topological polar surface area (TPSA) is 95.5 Å². The van der Waals surface area contributed by atoms with Gasteiger partial charge in [0.15, 0.2) is 0 Å². The number of aryl methyl sites for hydroxylation is 1. The van der Waals surface area contributed by atoms with Crippen molar-refractivity contribution >= 4 is 29.1 Å². The van der Waals surface area contributed by atoms with Crippen LogP contribution in [0.2, 0.25) is 0 Å². The summed E-state index contributed by atoms with van der Waals surface area (Å²) >= 11 is 0.